The summed E-state index contributed by atoms with van der Waals surface area (Å²) >= 11 is 0. The molecule has 0 atom stereocenters. The van der Waals surface area contributed by atoms with Gasteiger partial charge >= 0.3 is 0 Å². The second-order valence-electron chi connectivity index (χ2n) is 6.00. The quantitative estimate of drug-likeness (QED) is 0.721. The van der Waals surface area contributed by atoms with Gasteiger partial charge in [-0.1, -0.05) is 61.5 Å². The summed E-state index contributed by atoms with van der Waals surface area (Å²) in [4.78, 5) is 12.0. The van der Waals surface area contributed by atoms with Gasteiger partial charge in [-0.15, -0.1) is 0 Å². The van der Waals surface area contributed by atoms with Gasteiger partial charge in [0.25, 0.3) is 5.91 Å². The van der Waals surface area contributed by atoms with Crippen LogP contribution in [0.5, 0.6) is 5.75 Å². The summed E-state index contributed by atoms with van der Waals surface area (Å²) in [5.41, 5.74) is 2.82. The Kier molecular flexibility index (Phi) is 5.14. The molecule has 1 aromatic heterocycles. The number of anilines is 1. The van der Waals surface area contributed by atoms with Gasteiger partial charge in [0, 0.05) is 11.6 Å². The van der Waals surface area contributed by atoms with E-state index in [1.807, 2.05) is 54.6 Å². The molecule has 0 fully saturated rings. The smallest absolute Gasteiger partial charge is 0.264 e. The van der Waals surface area contributed by atoms with E-state index in [1.165, 1.54) is 5.56 Å². The molecule has 0 spiro atoms. The number of hydrogen-bond acceptors (Lipinski definition) is 4. The minimum Gasteiger partial charge on any atom is -0.484 e. The van der Waals surface area contributed by atoms with Crippen LogP contribution in [0.1, 0.15) is 25.3 Å². The molecule has 3 aromatic rings. The molecule has 1 N–H and O–H groups in total. The van der Waals surface area contributed by atoms with Gasteiger partial charge in [-0.05, 0) is 23.6 Å². The lowest BCUT2D eigenvalue weighted by Gasteiger charge is -2.08. The average Bonchev–Trinajstić information content (AvgIpc) is 3.09. The molecule has 128 valence electrons. The van der Waals surface area contributed by atoms with E-state index in [4.69, 9.17) is 9.26 Å². The number of hydrogen-bond donors (Lipinski definition) is 1. The fourth-order valence-corrected chi connectivity index (χ4v) is 2.35. The number of nitrogens with zero attached hydrogens (tertiary/aromatic N) is 1. The molecule has 0 aliphatic carbocycles. The Hall–Kier alpha value is -3.08. The Labute approximate surface area is 146 Å². The van der Waals surface area contributed by atoms with Gasteiger partial charge in [-0.25, -0.2) is 0 Å². The summed E-state index contributed by atoms with van der Waals surface area (Å²) in [5, 5.41) is 6.59. The maximum absolute atomic E-state index is 12.0. The van der Waals surface area contributed by atoms with E-state index in [-0.39, 0.29) is 12.5 Å². The summed E-state index contributed by atoms with van der Waals surface area (Å²) in [7, 11) is 0. The van der Waals surface area contributed by atoms with Gasteiger partial charge in [0.2, 0.25) is 5.88 Å². The highest BCUT2D eigenvalue weighted by atomic mass is 16.5. The predicted molar refractivity (Wildman–Crippen MR) is 96.6 cm³/mol. The topological polar surface area (TPSA) is 64.4 Å². The number of rotatable bonds is 6. The Morgan fingerprint density at radius 2 is 1.84 bits per heavy atom. The van der Waals surface area contributed by atoms with Gasteiger partial charge < -0.3 is 9.26 Å². The lowest BCUT2D eigenvalue weighted by atomic mass is 10.0. The van der Waals surface area contributed by atoms with Crippen LogP contribution in [0.3, 0.4) is 0 Å². The predicted octanol–water partition coefficient (Wildman–Crippen LogP) is 4.48. The molecule has 2 aromatic carbocycles. The number of carbonyl (C=O) groups excluding carboxylic acids is 1. The molecule has 0 bridgehead atoms. The summed E-state index contributed by atoms with van der Waals surface area (Å²) in [6.45, 7) is 4.16. The van der Waals surface area contributed by atoms with Crippen LogP contribution >= 0.6 is 0 Å². The molecule has 1 heterocycles. The Bertz CT molecular complexity index is 824. The van der Waals surface area contributed by atoms with E-state index >= 15 is 0 Å². The van der Waals surface area contributed by atoms with Gasteiger partial charge in [0.05, 0.1) is 0 Å². The van der Waals surface area contributed by atoms with Crippen LogP contribution in [0, 0.1) is 0 Å². The first-order valence-corrected chi connectivity index (χ1v) is 8.16. The standard InChI is InChI=1S/C20H20N2O3/c1-14(2)15-8-10-17(11-9-15)24-13-19(23)21-20-12-18(22-25-20)16-6-4-3-5-7-16/h3-12,14H,13H2,1-2H3,(H,21,23). The van der Waals surface area contributed by atoms with E-state index in [0.717, 1.165) is 5.56 Å². The number of carbonyl (C=O) groups is 1. The largest absolute Gasteiger partial charge is 0.484 e. The second-order valence-corrected chi connectivity index (χ2v) is 6.00. The van der Waals surface area contributed by atoms with E-state index in [9.17, 15) is 4.79 Å². The van der Waals surface area contributed by atoms with Crippen LogP contribution in [0.2, 0.25) is 0 Å². The molecule has 5 nitrogen and oxygen atoms in total. The molecular formula is C20H20N2O3. The first-order chi connectivity index (χ1) is 12.1. The zero-order valence-electron chi connectivity index (χ0n) is 14.2. The van der Waals surface area contributed by atoms with Crippen molar-refractivity contribution < 1.29 is 14.1 Å². The van der Waals surface area contributed by atoms with Crippen molar-refractivity contribution >= 4 is 11.8 Å². The molecule has 5 heteroatoms. The van der Waals surface area contributed by atoms with Crippen molar-refractivity contribution in [3.8, 4) is 17.0 Å². The third-order valence-corrected chi connectivity index (χ3v) is 3.76. The number of amides is 1. The van der Waals surface area contributed by atoms with Crippen molar-refractivity contribution in [1.82, 2.24) is 5.16 Å². The Balaban J connectivity index is 1.53. The van der Waals surface area contributed by atoms with Crippen LogP contribution < -0.4 is 10.1 Å². The number of nitrogens with one attached hydrogen (secondary N) is 1. The summed E-state index contributed by atoms with van der Waals surface area (Å²) in [6, 6.07) is 19.0. The van der Waals surface area contributed by atoms with Crippen molar-refractivity contribution in [2.75, 3.05) is 11.9 Å². The van der Waals surface area contributed by atoms with Crippen LogP contribution in [-0.2, 0) is 4.79 Å². The third kappa shape index (κ3) is 4.47. The zero-order valence-corrected chi connectivity index (χ0v) is 14.2. The van der Waals surface area contributed by atoms with Gasteiger partial charge in [-0.2, -0.15) is 0 Å². The molecule has 1 amide bonds. The first kappa shape index (κ1) is 16.8. The zero-order chi connectivity index (χ0) is 17.6. The minimum absolute atomic E-state index is 0.0948. The molecule has 0 aliphatic rings. The lowest BCUT2D eigenvalue weighted by molar-refractivity contribution is -0.118. The van der Waals surface area contributed by atoms with E-state index in [1.54, 1.807) is 6.07 Å². The van der Waals surface area contributed by atoms with Gasteiger partial charge in [0.15, 0.2) is 6.61 Å². The van der Waals surface area contributed by atoms with Crippen LogP contribution in [0.25, 0.3) is 11.3 Å². The monoisotopic (exact) mass is 336 g/mol. The fraction of sp³-hybridized carbons (Fsp3) is 0.200. The van der Waals surface area contributed by atoms with E-state index in [2.05, 4.69) is 24.3 Å². The van der Waals surface area contributed by atoms with Crippen molar-refractivity contribution in [2.24, 2.45) is 0 Å². The van der Waals surface area contributed by atoms with Crippen molar-refractivity contribution in [3.05, 3.63) is 66.2 Å². The number of benzene rings is 2. The van der Waals surface area contributed by atoms with Gasteiger partial charge in [0.1, 0.15) is 11.4 Å². The van der Waals surface area contributed by atoms with Crippen molar-refractivity contribution in [3.63, 3.8) is 0 Å². The highest BCUT2D eigenvalue weighted by molar-refractivity contribution is 5.91. The maximum Gasteiger partial charge on any atom is 0.264 e. The van der Waals surface area contributed by atoms with E-state index < -0.39 is 0 Å². The fourth-order valence-electron chi connectivity index (χ4n) is 2.35. The molecule has 3 rings (SSSR count). The first-order valence-electron chi connectivity index (χ1n) is 8.16. The van der Waals surface area contributed by atoms with Crippen molar-refractivity contribution in [2.45, 2.75) is 19.8 Å². The Morgan fingerprint density at radius 1 is 1.12 bits per heavy atom. The number of ether oxygens (including phenoxy) is 1. The molecular weight excluding hydrogens is 316 g/mol. The SMILES string of the molecule is CC(C)c1ccc(OCC(=O)Nc2cc(-c3ccccc3)no2)cc1. The molecule has 0 saturated heterocycles. The van der Waals surface area contributed by atoms with Crippen molar-refractivity contribution in [1.29, 1.82) is 0 Å². The van der Waals surface area contributed by atoms with Crippen LogP contribution in [-0.4, -0.2) is 17.7 Å². The summed E-state index contributed by atoms with van der Waals surface area (Å²) in [6.07, 6.45) is 0. The maximum atomic E-state index is 12.0. The Morgan fingerprint density at radius 3 is 2.52 bits per heavy atom. The minimum atomic E-state index is -0.302. The highest BCUT2D eigenvalue weighted by Crippen LogP contribution is 2.21. The second kappa shape index (κ2) is 7.66. The molecule has 0 radical (unpaired) electrons. The highest BCUT2D eigenvalue weighted by Gasteiger charge is 2.10. The summed E-state index contributed by atoms with van der Waals surface area (Å²) in [5.74, 6) is 1.11. The molecule has 0 unspecified atom stereocenters. The van der Waals surface area contributed by atoms with E-state index in [0.29, 0.717) is 23.2 Å². The molecule has 0 saturated carbocycles. The number of aromatic nitrogens is 1. The van der Waals surface area contributed by atoms with Gasteiger partial charge in [-0.3, -0.25) is 10.1 Å². The third-order valence-electron chi connectivity index (χ3n) is 3.76. The lowest BCUT2D eigenvalue weighted by Crippen LogP contribution is -2.19. The average molecular weight is 336 g/mol. The molecule has 25 heavy (non-hydrogen) atoms. The van der Waals surface area contributed by atoms with Crippen LogP contribution in [0.15, 0.2) is 65.2 Å². The molecule has 0 aliphatic heterocycles. The normalized spacial score (nSPS) is 10.7. The van der Waals surface area contributed by atoms with Crippen LogP contribution in [0.4, 0.5) is 5.88 Å². The summed E-state index contributed by atoms with van der Waals surface area (Å²) < 4.78 is 10.6.